The molecule has 0 aromatic heterocycles. The van der Waals surface area contributed by atoms with Crippen LogP contribution in [0.3, 0.4) is 0 Å². The molecule has 2 atom stereocenters. The van der Waals surface area contributed by atoms with Gasteiger partial charge < -0.3 is 29.0 Å². The van der Waals surface area contributed by atoms with Crippen LogP contribution in [-0.2, 0) is 18.9 Å². The minimum absolute atomic E-state index is 0.00815. The van der Waals surface area contributed by atoms with Crippen molar-refractivity contribution in [3.8, 4) is 0 Å². The summed E-state index contributed by atoms with van der Waals surface area (Å²) in [6, 6.07) is 0. The first-order valence-electron chi connectivity index (χ1n) is 7.02. The van der Waals surface area contributed by atoms with Crippen LogP contribution in [0.4, 0.5) is 4.79 Å². The van der Waals surface area contributed by atoms with Gasteiger partial charge in [-0.3, -0.25) is 0 Å². The Hall–Kier alpha value is -0.890. The minimum Gasteiger partial charge on any atom is -0.465 e. The lowest BCUT2D eigenvalue weighted by atomic mass is 10.1. The second kappa shape index (κ2) is 7.78. The first-order chi connectivity index (χ1) is 9.70. The highest BCUT2D eigenvalue weighted by molar-refractivity contribution is 5.64. The highest BCUT2D eigenvalue weighted by Gasteiger charge is 2.29. The van der Waals surface area contributed by atoms with E-state index in [1.807, 2.05) is 0 Å². The fraction of sp³-hybridized carbons (Fsp3) is 0.923. The normalized spacial score (nSPS) is 27.9. The molecule has 2 unspecified atom stereocenters. The van der Waals surface area contributed by atoms with Gasteiger partial charge in [0.1, 0.15) is 12.2 Å². The maximum absolute atomic E-state index is 10.8. The summed E-state index contributed by atoms with van der Waals surface area (Å²) in [5.74, 6) is 0. The van der Waals surface area contributed by atoms with Crippen molar-refractivity contribution in [2.24, 2.45) is 0 Å². The van der Waals surface area contributed by atoms with Crippen LogP contribution in [0.15, 0.2) is 0 Å². The van der Waals surface area contributed by atoms with Crippen molar-refractivity contribution in [1.29, 1.82) is 0 Å². The third kappa shape index (κ3) is 4.31. The molecule has 2 aliphatic rings. The van der Waals surface area contributed by atoms with E-state index in [1.165, 1.54) is 4.90 Å². The van der Waals surface area contributed by atoms with Gasteiger partial charge in [0.25, 0.3) is 0 Å². The Bertz CT molecular complexity index is 305. The van der Waals surface area contributed by atoms with Gasteiger partial charge in [0.15, 0.2) is 0 Å². The number of carboxylic acid groups (broad SMARTS) is 1. The first-order valence-corrected chi connectivity index (χ1v) is 7.02. The molecule has 0 aliphatic carbocycles. The molecule has 2 fully saturated rings. The molecule has 0 bridgehead atoms. The number of rotatable bonds is 6. The molecule has 2 heterocycles. The highest BCUT2D eigenvalue weighted by Crippen LogP contribution is 2.15. The van der Waals surface area contributed by atoms with Gasteiger partial charge in [-0.1, -0.05) is 0 Å². The SMILES string of the molecule is COC1COCC1OCCOC1CCN(C(=O)O)CC1. The molecule has 20 heavy (non-hydrogen) atoms. The smallest absolute Gasteiger partial charge is 0.407 e. The second-order valence-corrected chi connectivity index (χ2v) is 5.06. The maximum atomic E-state index is 10.8. The van der Waals surface area contributed by atoms with E-state index in [9.17, 15) is 4.79 Å². The van der Waals surface area contributed by atoms with Gasteiger partial charge in [-0.2, -0.15) is 0 Å². The maximum Gasteiger partial charge on any atom is 0.407 e. The lowest BCUT2D eigenvalue weighted by molar-refractivity contribution is -0.0657. The van der Waals surface area contributed by atoms with Crippen LogP contribution in [0.5, 0.6) is 0 Å². The van der Waals surface area contributed by atoms with Crippen molar-refractivity contribution >= 4 is 6.09 Å². The minimum atomic E-state index is -0.848. The number of hydrogen-bond acceptors (Lipinski definition) is 5. The Balaban J connectivity index is 1.55. The third-order valence-corrected chi connectivity index (χ3v) is 3.76. The standard InChI is InChI=1S/C13H23NO6/c1-17-11-8-18-9-12(11)20-7-6-19-10-2-4-14(5-3-10)13(15)16/h10-12H,2-9H2,1H3,(H,15,16). The lowest BCUT2D eigenvalue weighted by Crippen LogP contribution is -2.40. The molecule has 0 aromatic rings. The van der Waals surface area contributed by atoms with Crippen molar-refractivity contribution in [2.45, 2.75) is 31.2 Å². The van der Waals surface area contributed by atoms with Crippen LogP contribution in [0.2, 0.25) is 0 Å². The summed E-state index contributed by atoms with van der Waals surface area (Å²) in [7, 11) is 1.66. The summed E-state index contributed by atoms with van der Waals surface area (Å²) in [5.41, 5.74) is 0. The van der Waals surface area contributed by atoms with E-state index in [1.54, 1.807) is 7.11 Å². The number of carbonyl (C=O) groups is 1. The number of methoxy groups -OCH3 is 1. The second-order valence-electron chi connectivity index (χ2n) is 5.06. The molecule has 116 valence electrons. The monoisotopic (exact) mass is 289 g/mol. The molecule has 2 aliphatic heterocycles. The van der Waals surface area contributed by atoms with Gasteiger partial charge in [-0.05, 0) is 12.8 Å². The summed E-state index contributed by atoms with van der Waals surface area (Å²) in [4.78, 5) is 12.2. The van der Waals surface area contributed by atoms with E-state index >= 15 is 0 Å². The van der Waals surface area contributed by atoms with Crippen LogP contribution >= 0.6 is 0 Å². The van der Waals surface area contributed by atoms with Crippen molar-refractivity contribution in [3.63, 3.8) is 0 Å². The number of ether oxygens (including phenoxy) is 4. The van der Waals surface area contributed by atoms with E-state index in [2.05, 4.69) is 0 Å². The van der Waals surface area contributed by atoms with Gasteiger partial charge in [0.05, 0.1) is 32.5 Å². The Morgan fingerprint density at radius 3 is 2.50 bits per heavy atom. The van der Waals surface area contributed by atoms with Crippen LogP contribution in [-0.4, -0.2) is 81.0 Å². The highest BCUT2D eigenvalue weighted by atomic mass is 16.6. The summed E-state index contributed by atoms with van der Waals surface area (Å²) in [5, 5.41) is 8.85. The van der Waals surface area contributed by atoms with Crippen LogP contribution < -0.4 is 0 Å². The van der Waals surface area contributed by atoms with Gasteiger partial charge >= 0.3 is 6.09 Å². The quantitative estimate of drug-likeness (QED) is 0.721. The molecule has 2 rings (SSSR count). The molecule has 0 saturated carbocycles. The van der Waals surface area contributed by atoms with Crippen molar-refractivity contribution in [3.05, 3.63) is 0 Å². The fourth-order valence-electron chi connectivity index (χ4n) is 2.52. The zero-order valence-corrected chi connectivity index (χ0v) is 11.8. The van der Waals surface area contributed by atoms with Gasteiger partial charge in [0, 0.05) is 20.2 Å². The third-order valence-electron chi connectivity index (χ3n) is 3.76. The molecule has 2 saturated heterocycles. The van der Waals surface area contributed by atoms with Crippen LogP contribution in [0.25, 0.3) is 0 Å². The Labute approximate surface area is 118 Å². The van der Waals surface area contributed by atoms with E-state index in [4.69, 9.17) is 24.1 Å². The first kappa shape index (κ1) is 15.5. The number of nitrogens with zero attached hydrogens (tertiary/aromatic N) is 1. The van der Waals surface area contributed by atoms with Crippen LogP contribution in [0, 0.1) is 0 Å². The molecular formula is C13H23NO6. The van der Waals surface area contributed by atoms with E-state index in [0.29, 0.717) is 39.5 Å². The predicted octanol–water partition coefficient (Wildman–Crippen LogP) is 0.576. The molecule has 1 N–H and O–H groups in total. The number of amides is 1. The zero-order valence-electron chi connectivity index (χ0n) is 11.8. The summed E-state index contributed by atoms with van der Waals surface area (Å²) < 4.78 is 21.9. The Morgan fingerprint density at radius 1 is 1.20 bits per heavy atom. The van der Waals surface area contributed by atoms with Crippen molar-refractivity contribution < 1.29 is 28.8 Å². The molecule has 0 radical (unpaired) electrons. The van der Waals surface area contributed by atoms with Crippen molar-refractivity contribution in [2.75, 3.05) is 46.6 Å². The molecule has 0 aromatic carbocycles. The average Bonchev–Trinajstić information content (AvgIpc) is 2.91. The molecule has 7 nitrogen and oxygen atoms in total. The summed E-state index contributed by atoms with van der Waals surface area (Å²) >= 11 is 0. The number of hydrogen-bond donors (Lipinski definition) is 1. The molecule has 1 amide bonds. The molecule has 7 heteroatoms. The number of piperidine rings is 1. The largest absolute Gasteiger partial charge is 0.465 e. The summed E-state index contributed by atoms with van der Waals surface area (Å²) in [6.45, 7) is 3.26. The predicted molar refractivity (Wildman–Crippen MR) is 69.9 cm³/mol. The molecular weight excluding hydrogens is 266 g/mol. The van der Waals surface area contributed by atoms with Gasteiger partial charge in [-0.25, -0.2) is 4.79 Å². The lowest BCUT2D eigenvalue weighted by Gasteiger charge is -2.30. The van der Waals surface area contributed by atoms with Gasteiger partial charge in [-0.15, -0.1) is 0 Å². The van der Waals surface area contributed by atoms with Crippen molar-refractivity contribution in [1.82, 2.24) is 4.90 Å². The Kier molecular flexibility index (Phi) is 6.03. The molecule has 0 spiro atoms. The number of likely N-dealkylation sites (tertiary alicyclic amines) is 1. The van der Waals surface area contributed by atoms with E-state index in [0.717, 1.165) is 12.8 Å². The fourth-order valence-corrected chi connectivity index (χ4v) is 2.52. The zero-order chi connectivity index (χ0) is 14.4. The van der Waals surface area contributed by atoms with Gasteiger partial charge in [0.2, 0.25) is 0 Å². The Morgan fingerprint density at radius 2 is 1.85 bits per heavy atom. The van der Waals surface area contributed by atoms with E-state index < -0.39 is 6.09 Å². The average molecular weight is 289 g/mol. The van der Waals surface area contributed by atoms with Crippen LogP contribution in [0.1, 0.15) is 12.8 Å². The topological polar surface area (TPSA) is 77.5 Å². The van der Waals surface area contributed by atoms with E-state index in [-0.39, 0.29) is 18.3 Å². The summed E-state index contributed by atoms with van der Waals surface area (Å²) in [6.07, 6.45) is 0.774.